The van der Waals surface area contributed by atoms with Crippen LogP contribution in [0.3, 0.4) is 0 Å². The molecular formula is C19H30N2O. The third-order valence-electron chi connectivity index (χ3n) is 3.90. The zero-order valence-corrected chi connectivity index (χ0v) is 14.9. The fraction of sp³-hybridized carbons (Fsp3) is 0.579. The number of rotatable bonds is 7. The minimum absolute atomic E-state index is 0.202. The minimum atomic E-state index is 0.202. The first-order chi connectivity index (χ1) is 10.4. The fourth-order valence-corrected chi connectivity index (χ4v) is 2.95. The van der Waals surface area contributed by atoms with Gasteiger partial charge in [0.1, 0.15) is 5.75 Å². The first kappa shape index (κ1) is 16.9. The lowest BCUT2D eigenvalue weighted by Gasteiger charge is -2.12. The molecule has 0 aliphatic carbocycles. The number of hydrogen-bond acceptors (Lipinski definition) is 2. The quantitative estimate of drug-likeness (QED) is 0.815. The van der Waals surface area contributed by atoms with E-state index in [1.165, 1.54) is 22.2 Å². The van der Waals surface area contributed by atoms with E-state index in [0.717, 1.165) is 25.4 Å². The van der Waals surface area contributed by atoms with Crippen LogP contribution in [0, 0.1) is 12.8 Å². The number of aromatic nitrogens is 1. The van der Waals surface area contributed by atoms with E-state index < -0.39 is 0 Å². The van der Waals surface area contributed by atoms with Crippen molar-refractivity contribution in [1.82, 2.24) is 9.88 Å². The van der Waals surface area contributed by atoms with Gasteiger partial charge < -0.3 is 14.6 Å². The molecule has 1 aromatic carbocycles. The van der Waals surface area contributed by atoms with Crippen molar-refractivity contribution in [3.8, 4) is 5.75 Å². The van der Waals surface area contributed by atoms with E-state index in [1.807, 2.05) is 0 Å². The molecule has 0 spiro atoms. The summed E-state index contributed by atoms with van der Waals surface area (Å²) >= 11 is 0. The Morgan fingerprint density at radius 2 is 1.91 bits per heavy atom. The topological polar surface area (TPSA) is 26.2 Å². The Labute approximate surface area is 134 Å². The number of hydrogen-bond donors (Lipinski definition) is 1. The highest BCUT2D eigenvalue weighted by Gasteiger charge is 2.15. The molecular weight excluding hydrogens is 272 g/mol. The van der Waals surface area contributed by atoms with Gasteiger partial charge in [-0.3, -0.25) is 0 Å². The van der Waals surface area contributed by atoms with Gasteiger partial charge in [0, 0.05) is 29.7 Å². The second kappa shape index (κ2) is 7.19. The predicted octanol–water partition coefficient (Wildman–Crippen LogP) is 4.50. The number of benzene rings is 1. The summed E-state index contributed by atoms with van der Waals surface area (Å²) in [6.45, 7) is 16.0. The van der Waals surface area contributed by atoms with Gasteiger partial charge in [0.15, 0.2) is 0 Å². The van der Waals surface area contributed by atoms with E-state index in [1.54, 1.807) is 0 Å². The lowest BCUT2D eigenvalue weighted by atomic mass is 10.1. The van der Waals surface area contributed by atoms with Crippen LogP contribution in [0.5, 0.6) is 5.75 Å². The molecule has 3 heteroatoms. The molecule has 0 saturated carbocycles. The molecule has 2 rings (SSSR count). The Morgan fingerprint density at radius 3 is 2.50 bits per heavy atom. The fourth-order valence-electron chi connectivity index (χ4n) is 2.95. The average Bonchev–Trinajstić information content (AvgIpc) is 2.68. The summed E-state index contributed by atoms with van der Waals surface area (Å²) in [4.78, 5) is 0. The van der Waals surface area contributed by atoms with Crippen molar-refractivity contribution in [2.45, 2.75) is 60.7 Å². The summed E-state index contributed by atoms with van der Waals surface area (Å²) in [6, 6.07) is 6.50. The molecule has 0 saturated heterocycles. The summed E-state index contributed by atoms with van der Waals surface area (Å²) in [6.07, 6.45) is 0.202. The monoisotopic (exact) mass is 302 g/mol. The van der Waals surface area contributed by atoms with E-state index in [0.29, 0.717) is 5.92 Å². The van der Waals surface area contributed by atoms with Gasteiger partial charge in [-0.25, -0.2) is 0 Å². The van der Waals surface area contributed by atoms with Crippen LogP contribution in [0.1, 0.15) is 45.9 Å². The highest BCUT2D eigenvalue weighted by molar-refractivity contribution is 5.87. The van der Waals surface area contributed by atoms with Gasteiger partial charge in [-0.1, -0.05) is 20.8 Å². The Hall–Kier alpha value is -1.48. The van der Waals surface area contributed by atoms with Crippen LogP contribution < -0.4 is 10.1 Å². The molecule has 0 atom stereocenters. The molecule has 22 heavy (non-hydrogen) atoms. The Bertz CT molecular complexity index is 626. The van der Waals surface area contributed by atoms with Gasteiger partial charge in [-0.15, -0.1) is 0 Å². The van der Waals surface area contributed by atoms with Gasteiger partial charge in [0.2, 0.25) is 0 Å². The van der Waals surface area contributed by atoms with Crippen molar-refractivity contribution in [2.75, 3.05) is 6.54 Å². The van der Waals surface area contributed by atoms with Gasteiger partial charge in [-0.2, -0.15) is 0 Å². The number of nitrogens with one attached hydrogen (secondary N) is 1. The summed E-state index contributed by atoms with van der Waals surface area (Å²) in [5.74, 6) is 1.59. The maximum Gasteiger partial charge on any atom is 0.120 e. The molecule has 1 aromatic heterocycles. The lowest BCUT2D eigenvalue weighted by Crippen LogP contribution is -2.13. The van der Waals surface area contributed by atoms with E-state index >= 15 is 0 Å². The van der Waals surface area contributed by atoms with Crippen LogP contribution in [0.4, 0.5) is 0 Å². The first-order valence-electron chi connectivity index (χ1n) is 8.43. The third kappa shape index (κ3) is 3.64. The maximum atomic E-state index is 5.88. The minimum Gasteiger partial charge on any atom is -0.491 e. The van der Waals surface area contributed by atoms with E-state index in [4.69, 9.17) is 4.74 Å². The third-order valence-corrected chi connectivity index (χ3v) is 3.90. The van der Waals surface area contributed by atoms with Gasteiger partial charge >= 0.3 is 0 Å². The van der Waals surface area contributed by atoms with E-state index in [9.17, 15) is 0 Å². The van der Waals surface area contributed by atoms with Crippen LogP contribution in [0.15, 0.2) is 18.2 Å². The summed E-state index contributed by atoms with van der Waals surface area (Å²) in [5, 5.41) is 4.79. The summed E-state index contributed by atoms with van der Waals surface area (Å²) in [5.41, 5.74) is 4.08. The van der Waals surface area contributed by atoms with Gasteiger partial charge in [-0.05, 0) is 57.0 Å². The van der Waals surface area contributed by atoms with Crippen molar-refractivity contribution < 1.29 is 4.74 Å². The lowest BCUT2D eigenvalue weighted by molar-refractivity contribution is 0.243. The first-order valence-corrected chi connectivity index (χ1v) is 8.43. The van der Waals surface area contributed by atoms with Crippen molar-refractivity contribution >= 4 is 10.9 Å². The molecule has 0 fully saturated rings. The van der Waals surface area contributed by atoms with Crippen molar-refractivity contribution in [1.29, 1.82) is 0 Å². The highest BCUT2D eigenvalue weighted by Crippen LogP contribution is 2.30. The molecule has 122 valence electrons. The molecule has 1 N–H and O–H groups in total. The molecule has 0 aliphatic rings. The number of ether oxygens (including phenoxy) is 1. The second-order valence-corrected chi connectivity index (χ2v) is 6.69. The van der Waals surface area contributed by atoms with Crippen LogP contribution in [0.2, 0.25) is 0 Å². The Kier molecular flexibility index (Phi) is 5.52. The molecule has 1 heterocycles. The standard InChI is InChI=1S/C19H30N2O/c1-7-20-11-18-15(6)21(12-13(2)3)19-9-8-16(10-17(18)19)22-14(4)5/h8-10,13-14,20H,7,11-12H2,1-6H3. The molecule has 0 unspecified atom stereocenters. The second-order valence-electron chi connectivity index (χ2n) is 6.69. The zero-order chi connectivity index (χ0) is 16.3. The smallest absolute Gasteiger partial charge is 0.120 e. The number of fused-ring (bicyclic) bond motifs is 1. The molecule has 2 aromatic rings. The largest absolute Gasteiger partial charge is 0.491 e. The number of nitrogens with zero attached hydrogens (tertiary/aromatic N) is 1. The van der Waals surface area contributed by atoms with Crippen LogP contribution in [-0.4, -0.2) is 17.2 Å². The molecule has 0 aliphatic heterocycles. The van der Waals surface area contributed by atoms with Crippen molar-refractivity contribution in [2.24, 2.45) is 5.92 Å². The van der Waals surface area contributed by atoms with Gasteiger partial charge in [0.05, 0.1) is 6.10 Å². The SMILES string of the molecule is CCNCc1c(C)n(CC(C)C)c2ccc(OC(C)C)cc12. The van der Waals surface area contributed by atoms with Gasteiger partial charge in [0.25, 0.3) is 0 Å². The van der Waals surface area contributed by atoms with Crippen molar-refractivity contribution in [3.63, 3.8) is 0 Å². The zero-order valence-electron chi connectivity index (χ0n) is 14.9. The van der Waals surface area contributed by atoms with Crippen LogP contribution in [0.25, 0.3) is 10.9 Å². The molecule has 3 nitrogen and oxygen atoms in total. The van der Waals surface area contributed by atoms with Crippen molar-refractivity contribution in [3.05, 3.63) is 29.5 Å². The van der Waals surface area contributed by atoms with E-state index in [2.05, 4.69) is 69.6 Å². The Balaban J connectivity index is 2.53. The molecule has 0 radical (unpaired) electrons. The highest BCUT2D eigenvalue weighted by atomic mass is 16.5. The molecule has 0 amide bonds. The predicted molar refractivity (Wildman–Crippen MR) is 94.7 cm³/mol. The molecule has 0 bridgehead atoms. The maximum absolute atomic E-state index is 5.88. The summed E-state index contributed by atoms with van der Waals surface area (Å²) < 4.78 is 8.33. The van der Waals surface area contributed by atoms with Crippen LogP contribution >= 0.6 is 0 Å². The van der Waals surface area contributed by atoms with E-state index in [-0.39, 0.29) is 6.10 Å². The Morgan fingerprint density at radius 1 is 1.18 bits per heavy atom. The van der Waals surface area contributed by atoms with Crippen LogP contribution in [-0.2, 0) is 13.1 Å². The normalized spacial score (nSPS) is 11.8. The average molecular weight is 302 g/mol. The summed E-state index contributed by atoms with van der Waals surface area (Å²) in [7, 11) is 0.